The first-order valence-corrected chi connectivity index (χ1v) is 7.23. The van der Waals surface area contributed by atoms with Crippen molar-refractivity contribution in [2.24, 2.45) is 5.41 Å². The van der Waals surface area contributed by atoms with E-state index in [1.54, 1.807) is 12.1 Å². The van der Waals surface area contributed by atoms with Crippen molar-refractivity contribution < 1.29 is 8.42 Å². The van der Waals surface area contributed by atoms with Crippen LogP contribution in [0.3, 0.4) is 0 Å². The predicted octanol–water partition coefficient (Wildman–Crippen LogP) is 2.27. The van der Waals surface area contributed by atoms with Crippen molar-refractivity contribution in [1.29, 1.82) is 5.26 Å². The molecule has 0 heterocycles. The Bertz CT molecular complexity index is 551. The average Bonchev–Trinajstić information content (AvgIpc) is 2.27. The molecule has 0 spiro atoms. The lowest BCUT2D eigenvalue weighted by Gasteiger charge is -2.18. The molecule has 0 amide bonds. The number of nitrogens with one attached hydrogen (secondary N) is 1. The van der Waals surface area contributed by atoms with Crippen molar-refractivity contribution in [3.63, 3.8) is 0 Å². The fourth-order valence-electron chi connectivity index (χ4n) is 1.43. The van der Waals surface area contributed by atoms with Gasteiger partial charge < -0.3 is 0 Å². The van der Waals surface area contributed by atoms with Crippen LogP contribution in [0.4, 0.5) is 0 Å². The zero-order valence-corrected chi connectivity index (χ0v) is 11.7. The van der Waals surface area contributed by atoms with E-state index < -0.39 is 10.0 Å². The van der Waals surface area contributed by atoms with E-state index in [1.807, 2.05) is 26.8 Å². The van der Waals surface area contributed by atoms with Gasteiger partial charge in [0, 0.05) is 6.54 Å². The molecule has 0 saturated carbocycles. The smallest absolute Gasteiger partial charge is 0.211 e. The van der Waals surface area contributed by atoms with Gasteiger partial charge in [-0.15, -0.1) is 0 Å². The standard InChI is InChI=1S/C13H18N2O2S/c1-13(2,3)8-9-15-18(16,17)12-7-5-4-6-11(12)10-14/h4-7,15H,8-9H2,1-3H3. The third kappa shape index (κ3) is 4.13. The Balaban J connectivity index is 2.85. The molecule has 0 aliphatic heterocycles. The van der Waals surface area contributed by atoms with Crippen LogP contribution in [0.1, 0.15) is 32.8 Å². The van der Waals surface area contributed by atoms with E-state index in [2.05, 4.69) is 4.72 Å². The normalized spacial score (nSPS) is 12.1. The van der Waals surface area contributed by atoms with E-state index in [0.29, 0.717) is 6.54 Å². The van der Waals surface area contributed by atoms with Gasteiger partial charge in [-0.2, -0.15) is 5.26 Å². The fourth-order valence-corrected chi connectivity index (χ4v) is 2.62. The van der Waals surface area contributed by atoms with Crippen LogP contribution in [0.15, 0.2) is 29.2 Å². The molecule has 5 heteroatoms. The minimum absolute atomic E-state index is 0.0430. The lowest BCUT2D eigenvalue weighted by molar-refractivity contribution is 0.378. The second-order valence-electron chi connectivity index (χ2n) is 5.32. The second-order valence-corrected chi connectivity index (χ2v) is 7.05. The predicted molar refractivity (Wildman–Crippen MR) is 70.4 cm³/mol. The number of rotatable bonds is 4. The monoisotopic (exact) mass is 266 g/mol. The molecule has 0 aliphatic rings. The number of nitrogens with zero attached hydrogens (tertiary/aromatic N) is 1. The Morgan fingerprint density at radius 2 is 1.89 bits per heavy atom. The van der Waals surface area contributed by atoms with Gasteiger partial charge in [0.05, 0.1) is 10.5 Å². The average molecular weight is 266 g/mol. The molecule has 1 aromatic carbocycles. The van der Waals surface area contributed by atoms with Crippen molar-refractivity contribution in [2.45, 2.75) is 32.1 Å². The lowest BCUT2D eigenvalue weighted by atomic mass is 9.93. The summed E-state index contributed by atoms with van der Waals surface area (Å²) in [4.78, 5) is 0.0430. The fraction of sp³-hybridized carbons (Fsp3) is 0.462. The molecule has 18 heavy (non-hydrogen) atoms. The highest BCUT2D eigenvalue weighted by Crippen LogP contribution is 2.18. The molecule has 1 rings (SSSR count). The maximum absolute atomic E-state index is 12.0. The maximum Gasteiger partial charge on any atom is 0.241 e. The summed E-state index contributed by atoms with van der Waals surface area (Å²) in [6.07, 6.45) is 0.737. The van der Waals surface area contributed by atoms with Gasteiger partial charge in [0.15, 0.2) is 0 Å². The minimum atomic E-state index is -3.60. The summed E-state index contributed by atoms with van der Waals surface area (Å²) >= 11 is 0. The van der Waals surface area contributed by atoms with Gasteiger partial charge in [-0.05, 0) is 24.0 Å². The van der Waals surface area contributed by atoms with Crippen LogP contribution >= 0.6 is 0 Å². The summed E-state index contributed by atoms with van der Waals surface area (Å²) in [6.45, 7) is 6.51. The molecule has 0 saturated heterocycles. The molecule has 0 aromatic heterocycles. The molecule has 4 nitrogen and oxygen atoms in total. The van der Waals surface area contributed by atoms with Gasteiger partial charge in [-0.3, -0.25) is 0 Å². The van der Waals surface area contributed by atoms with Crippen molar-refractivity contribution >= 4 is 10.0 Å². The molecule has 0 atom stereocenters. The molecule has 0 radical (unpaired) electrons. The Morgan fingerprint density at radius 3 is 2.44 bits per heavy atom. The van der Waals surface area contributed by atoms with E-state index >= 15 is 0 Å². The maximum atomic E-state index is 12.0. The molecular formula is C13H18N2O2S. The summed E-state index contributed by atoms with van der Waals surface area (Å²) in [5, 5.41) is 8.89. The number of hydrogen-bond donors (Lipinski definition) is 1. The number of sulfonamides is 1. The molecule has 0 aliphatic carbocycles. The molecule has 98 valence electrons. The van der Waals surface area contributed by atoms with Gasteiger partial charge in [0.2, 0.25) is 10.0 Å². The number of nitriles is 1. The topological polar surface area (TPSA) is 70.0 Å². The largest absolute Gasteiger partial charge is 0.241 e. The minimum Gasteiger partial charge on any atom is -0.211 e. The summed E-state index contributed by atoms with van der Waals surface area (Å²) in [5.41, 5.74) is 0.234. The highest BCUT2D eigenvalue weighted by molar-refractivity contribution is 7.89. The van der Waals surface area contributed by atoms with Gasteiger partial charge in [0.1, 0.15) is 6.07 Å². The van der Waals surface area contributed by atoms with Crippen molar-refractivity contribution in [1.82, 2.24) is 4.72 Å². The SMILES string of the molecule is CC(C)(C)CCNS(=O)(=O)c1ccccc1C#N. The second kappa shape index (κ2) is 5.51. The van der Waals surface area contributed by atoms with Crippen LogP contribution < -0.4 is 4.72 Å². The first-order valence-electron chi connectivity index (χ1n) is 5.75. The first-order chi connectivity index (χ1) is 8.26. The quantitative estimate of drug-likeness (QED) is 0.908. The Kier molecular flexibility index (Phi) is 4.49. The lowest BCUT2D eigenvalue weighted by Crippen LogP contribution is -2.28. The molecule has 1 N–H and O–H groups in total. The third-order valence-electron chi connectivity index (χ3n) is 2.46. The van der Waals surface area contributed by atoms with Gasteiger partial charge >= 0.3 is 0 Å². The highest BCUT2D eigenvalue weighted by atomic mass is 32.2. The van der Waals surface area contributed by atoms with Gasteiger partial charge in [0.25, 0.3) is 0 Å². The van der Waals surface area contributed by atoms with Crippen LogP contribution in [-0.4, -0.2) is 15.0 Å². The molecule has 0 bridgehead atoms. The van der Waals surface area contributed by atoms with E-state index in [-0.39, 0.29) is 15.9 Å². The summed E-state index contributed by atoms with van der Waals surface area (Å²) in [6, 6.07) is 8.09. The molecule has 0 unspecified atom stereocenters. The zero-order valence-electron chi connectivity index (χ0n) is 10.9. The van der Waals surface area contributed by atoms with Crippen LogP contribution in [0.2, 0.25) is 0 Å². The summed E-state index contributed by atoms with van der Waals surface area (Å²) < 4.78 is 26.6. The van der Waals surface area contributed by atoms with Gasteiger partial charge in [-0.1, -0.05) is 32.9 Å². The van der Waals surface area contributed by atoms with E-state index in [1.165, 1.54) is 12.1 Å². The van der Waals surface area contributed by atoms with Crippen molar-refractivity contribution in [3.8, 4) is 6.07 Å². The van der Waals surface area contributed by atoms with Crippen LogP contribution in [0, 0.1) is 16.7 Å². The van der Waals surface area contributed by atoms with Crippen LogP contribution in [-0.2, 0) is 10.0 Å². The Hall–Kier alpha value is -1.38. The van der Waals surface area contributed by atoms with Crippen molar-refractivity contribution in [3.05, 3.63) is 29.8 Å². The summed E-state index contributed by atoms with van der Waals surface area (Å²) in [5.74, 6) is 0. The molecule has 0 fully saturated rings. The third-order valence-corrected chi connectivity index (χ3v) is 3.98. The van der Waals surface area contributed by atoms with E-state index in [9.17, 15) is 8.42 Å². The number of benzene rings is 1. The highest BCUT2D eigenvalue weighted by Gasteiger charge is 2.19. The Labute approximate surface area is 109 Å². The van der Waals surface area contributed by atoms with Crippen molar-refractivity contribution in [2.75, 3.05) is 6.54 Å². The molecule has 1 aromatic rings. The molecular weight excluding hydrogens is 248 g/mol. The van der Waals surface area contributed by atoms with E-state index in [0.717, 1.165) is 6.42 Å². The van der Waals surface area contributed by atoms with Crippen LogP contribution in [0.25, 0.3) is 0 Å². The van der Waals surface area contributed by atoms with E-state index in [4.69, 9.17) is 5.26 Å². The number of hydrogen-bond acceptors (Lipinski definition) is 3. The Morgan fingerprint density at radius 1 is 1.28 bits per heavy atom. The summed E-state index contributed by atoms with van der Waals surface area (Å²) in [7, 11) is -3.60. The van der Waals surface area contributed by atoms with Crippen LogP contribution in [0.5, 0.6) is 0 Å². The zero-order chi connectivity index (χ0) is 13.8. The van der Waals surface area contributed by atoms with Gasteiger partial charge in [-0.25, -0.2) is 13.1 Å². The first kappa shape index (κ1) is 14.7.